The van der Waals surface area contributed by atoms with Crippen molar-refractivity contribution in [1.29, 1.82) is 0 Å². The summed E-state index contributed by atoms with van der Waals surface area (Å²) in [5.41, 5.74) is 0. The van der Waals surface area contributed by atoms with Gasteiger partial charge in [0.1, 0.15) is 0 Å². The quantitative estimate of drug-likeness (QED) is 0.416. The molecule has 0 rings (SSSR count). The van der Waals surface area contributed by atoms with E-state index in [0.717, 1.165) is 12.2 Å². The van der Waals surface area contributed by atoms with Crippen molar-refractivity contribution < 1.29 is 0 Å². The van der Waals surface area contributed by atoms with Gasteiger partial charge >= 0.3 is 0 Å². The van der Waals surface area contributed by atoms with Crippen molar-refractivity contribution in [2.45, 2.75) is 13.3 Å². The molecular weight excluding hydrogens is 164 g/mol. The Morgan fingerprint density at radius 1 is 1.29 bits per heavy atom. The summed E-state index contributed by atoms with van der Waals surface area (Å²) in [5, 5.41) is 0. The van der Waals surface area contributed by atoms with Crippen LogP contribution in [-0.4, -0.2) is 5.75 Å². The van der Waals surface area contributed by atoms with Crippen LogP contribution in [0.1, 0.15) is 13.3 Å². The van der Waals surface area contributed by atoms with Gasteiger partial charge in [0.25, 0.3) is 0 Å². The summed E-state index contributed by atoms with van der Waals surface area (Å²) in [4.78, 5) is 0. The molecule has 0 fully saturated rings. The third kappa shape index (κ3) is 7.40. The lowest BCUT2D eigenvalue weighted by Crippen LogP contribution is -1.77. The summed E-state index contributed by atoms with van der Waals surface area (Å²) in [6.45, 7) is 2.10. The second-order valence-corrected chi connectivity index (χ2v) is 11.2. The van der Waals surface area contributed by atoms with Gasteiger partial charge in [-0.15, -0.1) is 42.1 Å². The molecule has 46 valence electrons. The molecule has 0 nitrogen and oxygen atoms in total. The molecule has 0 radical (unpaired) electrons. The largest absolute Gasteiger partial charge is 0.112 e. The van der Waals surface area contributed by atoms with Crippen molar-refractivity contribution >= 4 is 42.1 Å². The first kappa shape index (κ1) is 8.40. The van der Waals surface area contributed by atoms with Crippen LogP contribution in [0.2, 0.25) is 0 Å². The predicted octanol–water partition coefficient (Wildman–Crippen LogP) is 2.74. The van der Waals surface area contributed by atoms with Crippen molar-refractivity contribution in [3.8, 4) is 0 Å². The molecule has 0 heterocycles. The molecule has 0 aliphatic heterocycles. The predicted molar refractivity (Wildman–Crippen MR) is 49.7 cm³/mol. The van der Waals surface area contributed by atoms with E-state index in [1.54, 1.807) is 0 Å². The molecule has 0 aromatic carbocycles. The van der Waals surface area contributed by atoms with E-state index >= 15 is 0 Å². The molecule has 0 amide bonds. The van der Waals surface area contributed by atoms with Crippen molar-refractivity contribution in [3.05, 3.63) is 0 Å². The van der Waals surface area contributed by atoms with Gasteiger partial charge in [-0.25, -0.2) is 0 Å². The first-order valence-corrected chi connectivity index (χ1v) is 7.00. The summed E-state index contributed by atoms with van der Waals surface area (Å²) < 4.78 is 0. The molecule has 0 N–H and O–H groups in total. The van der Waals surface area contributed by atoms with Gasteiger partial charge in [-0.3, -0.25) is 0 Å². The van der Waals surface area contributed by atoms with E-state index in [2.05, 4.69) is 41.9 Å². The highest BCUT2D eigenvalue weighted by Gasteiger charge is 2.03. The van der Waals surface area contributed by atoms with Gasteiger partial charge in [0.15, 0.2) is 0 Å². The molecule has 0 bridgehead atoms. The zero-order chi connectivity index (χ0) is 5.91. The van der Waals surface area contributed by atoms with Gasteiger partial charge in [0.05, 0.1) is 0 Å². The maximum absolute atomic E-state index is 4.15. The standard InChI is InChI=1S/C3H10S4/c1-2-3-7(4,5)6/h4-6H,2-3H2,1H3. The first-order chi connectivity index (χ1) is 3.06. The molecule has 0 saturated carbocycles. The summed E-state index contributed by atoms with van der Waals surface area (Å²) in [5.74, 6) is 1.02. The zero-order valence-corrected chi connectivity index (χ0v) is 7.66. The lowest BCUT2D eigenvalue weighted by atomic mass is 10.6. The average molecular weight is 174 g/mol. The van der Waals surface area contributed by atoms with Crippen molar-refractivity contribution in [3.63, 3.8) is 0 Å². The van der Waals surface area contributed by atoms with E-state index in [9.17, 15) is 0 Å². The fraction of sp³-hybridized carbons (Fsp3) is 1.00. The Bertz CT molecular complexity index is 45.4. The monoisotopic (exact) mass is 174 g/mol. The van der Waals surface area contributed by atoms with Crippen LogP contribution in [0.25, 0.3) is 0 Å². The van der Waals surface area contributed by atoms with E-state index in [-0.39, 0.29) is 0 Å². The first-order valence-electron chi connectivity index (χ1n) is 2.04. The van der Waals surface area contributed by atoms with Gasteiger partial charge in [0.2, 0.25) is 0 Å². The van der Waals surface area contributed by atoms with Crippen LogP contribution in [0.15, 0.2) is 0 Å². The maximum Gasteiger partial charge on any atom is 0.00274 e. The Hall–Kier alpha value is 1.40. The zero-order valence-electron chi connectivity index (χ0n) is 4.16. The van der Waals surface area contributed by atoms with Crippen LogP contribution < -0.4 is 0 Å². The summed E-state index contributed by atoms with van der Waals surface area (Å²) in [6.07, 6.45) is 1.12. The third-order valence-corrected chi connectivity index (χ3v) is 3.08. The lowest BCUT2D eigenvalue weighted by molar-refractivity contribution is 1.11. The minimum atomic E-state index is -1.09. The maximum atomic E-state index is 4.15. The average Bonchev–Trinajstić information content (AvgIpc) is 1.30. The summed E-state index contributed by atoms with van der Waals surface area (Å²) in [7, 11) is -1.09. The molecule has 0 saturated heterocycles. The van der Waals surface area contributed by atoms with E-state index in [0.29, 0.717) is 0 Å². The van der Waals surface area contributed by atoms with Crippen LogP contribution in [0.5, 0.6) is 0 Å². The number of rotatable bonds is 2. The number of thiol groups is 3. The van der Waals surface area contributed by atoms with Gasteiger partial charge in [0, 0.05) is 5.75 Å². The SMILES string of the molecule is CCCS(S)(S)S. The van der Waals surface area contributed by atoms with Crippen LogP contribution in [0, 0.1) is 0 Å². The fourth-order valence-corrected chi connectivity index (χ4v) is 2.46. The lowest BCUT2D eigenvalue weighted by Gasteiger charge is -2.18. The molecule has 0 aromatic rings. The molecule has 0 atom stereocenters. The summed E-state index contributed by atoms with van der Waals surface area (Å²) in [6, 6.07) is 0. The van der Waals surface area contributed by atoms with E-state index < -0.39 is 7.12 Å². The van der Waals surface area contributed by atoms with E-state index in [1.807, 2.05) is 0 Å². The molecular formula is C3H10S4. The summed E-state index contributed by atoms with van der Waals surface area (Å²) >= 11 is 12.4. The Balaban J connectivity index is 3.15. The Morgan fingerprint density at radius 2 is 1.71 bits per heavy atom. The number of hydrogen-bond donors (Lipinski definition) is 3. The smallest absolute Gasteiger partial charge is 0.00274 e. The van der Waals surface area contributed by atoms with Crippen LogP contribution in [0.3, 0.4) is 0 Å². The second-order valence-electron chi connectivity index (χ2n) is 1.34. The van der Waals surface area contributed by atoms with E-state index in [1.165, 1.54) is 0 Å². The van der Waals surface area contributed by atoms with Gasteiger partial charge < -0.3 is 0 Å². The highest BCUT2D eigenvalue weighted by molar-refractivity contribution is 9.40. The van der Waals surface area contributed by atoms with Crippen LogP contribution in [0.4, 0.5) is 0 Å². The molecule has 0 aliphatic rings. The van der Waals surface area contributed by atoms with E-state index in [4.69, 9.17) is 0 Å². The minimum absolute atomic E-state index is 1.02. The molecule has 0 spiro atoms. The van der Waals surface area contributed by atoms with Crippen LogP contribution >= 0.6 is 42.1 Å². The van der Waals surface area contributed by atoms with Crippen molar-refractivity contribution in [2.75, 3.05) is 5.75 Å². The normalized spacial score (nSPS) is 14.3. The highest BCUT2D eigenvalue weighted by Crippen LogP contribution is 2.61. The van der Waals surface area contributed by atoms with Gasteiger partial charge in [-0.1, -0.05) is 6.92 Å². The molecule has 0 unspecified atom stereocenters. The Labute approximate surface area is 61.2 Å². The topological polar surface area (TPSA) is 0 Å². The van der Waals surface area contributed by atoms with Crippen LogP contribution in [-0.2, 0) is 0 Å². The third-order valence-electron chi connectivity index (χ3n) is 0.478. The molecule has 0 aliphatic carbocycles. The molecule has 0 aromatic heterocycles. The van der Waals surface area contributed by atoms with Gasteiger partial charge in [-0.05, 0) is 6.42 Å². The Kier molecular flexibility index (Phi) is 4.12. The highest BCUT2D eigenvalue weighted by atomic mass is 33.8. The van der Waals surface area contributed by atoms with Gasteiger partial charge in [-0.2, -0.15) is 0 Å². The fourth-order valence-electron chi connectivity index (χ4n) is 0.274. The second kappa shape index (κ2) is 3.43. The van der Waals surface area contributed by atoms with Crippen molar-refractivity contribution in [1.82, 2.24) is 0 Å². The molecule has 4 heteroatoms. The van der Waals surface area contributed by atoms with Crippen molar-refractivity contribution in [2.24, 2.45) is 0 Å². The number of hydrogen-bond acceptors (Lipinski definition) is 3. The molecule has 7 heavy (non-hydrogen) atoms. The Morgan fingerprint density at radius 3 is 1.71 bits per heavy atom. The minimum Gasteiger partial charge on any atom is -0.112 e.